The highest BCUT2D eigenvalue weighted by Crippen LogP contribution is 2.08. The van der Waals surface area contributed by atoms with Gasteiger partial charge in [0.15, 0.2) is 0 Å². The van der Waals surface area contributed by atoms with Crippen LogP contribution in [0.2, 0.25) is 0 Å². The average Bonchev–Trinajstić information content (AvgIpc) is 2.03. The number of nitrogens with one attached hydrogen (secondary N) is 1. The van der Waals surface area contributed by atoms with Crippen molar-refractivity contribution < 1.29 is 9.90 Å². The molecule has 0 aromatic carbocycles. The van der Waals surface area contributed by atoms with Crippen LogP contribution in [0.1, 0.15) is 27.2 Å². The maximum absolute atomic E-state index is 11.3. The first-order valence-electron chi connectivity index (χ1n) is 4.48. The Morgan fingerprint density at radius 2 is 2.00 bits per heavy atom. The molecule has 12 heavy (non-hydrogen) atoms. The van der Waals surface area contributed by atoms with Gasteiger partial charge in [0.2, 0.25) is 5.91 Å². The summed E-state index contributed by atoms with van der Waals surface area (Å²) in [5.74, 6) is 0.515. The minimum Gasteiger partial charge on any atom is -0.396 e. The first-order chi connectivity index (χ1) is 5.59. The Labute approximate surface area is 74.2 Å². The standard InChI is InChI=1S/C9H19NO2/c1-7(2)8(3)9(12)10-5-4-6-11/h7-8,11H,4-6H2,1-3H3,(H,10,12). The van der Waals surface area contributed by atoms with Gasteiger partial charge in [-0.05, 0) is 12.3 Å². The van der Waals surface area contributed by atoms with Crippen LogP contribution in [-0.4, -0.2) is 24.2 Å². The lowest BCUT2D eigenvalue weighted by Crippen LogP contribution is -2.32. The number of rotatable bonds is 5. The van der Waals surface area contributed by atoms with Crippen LogP contribution in [0.3, 0.4) is 0 Å². The van der Waals surface area contributed by atoms with Crippen LogP contribution in [0.4, 0.5) is 0 Å². The van der Waals surface area contributed by atoms with Crippen molar-refractivity contribution >= 4 is 5.91 Å². The molecule has 2 N–H and O–H groups in total. The Kier molecular flexibility index (Phi) is 5.72. The number of hydrogen-bond acceptors (Lipinski definition) is 2. The van der Waals surface area contributed by atoms with Gasteiger partial charge in [-0.1, -0.05) is 20.8 Å². The van der Waals surface area contributed by atoms with Crippen LogP contribution in [0.5, 0.6) is 0 Å². The lowest BCUT2D eigenvalue weighted by Gasteiger charge is -2.14. The molecular formula is C9H19NO2. The Morgan fingerprint density at radius 1 is 1.42 bits per heavy atom. The SMILES string of the molecule is CC(C)C(C)C(=O)NCCCO. The molecule has 1 unspecified atom stereocenters. The smallest absolute Gasteiger partial charge is 0.223 e. The molecule has 0 fully saturated rings. The van der Waals surface area contributed by atoms with Crippen molar-refractivity contribution in [3.63, 3.8) is 0 Å². The van der Waals surface area contributed by atoms with E-state index in [1.54, 1.807) is 0 Å². The Morgan fingerprint density at radius 3 is 2.42 bits per heavy atom. The van der Waals surface area contributed by atoms with Crippen molar-refractivity contribution in [3.05, 3.63) is 0 Å². The number of amides is 1. The monoisotopic (exact) mass is 173 g/mol. The minimum atomic E-state index is 0.0590. The third-order valence-electron chi connectivity index (χ3n) is 2.05. The summed E-state index contributed by atoms with van der Waals surface area (Å²) in [7, 11) is 0. The van der Waals surface area contributed by atoms with Crippen LogP contribution in [0.25, 0.3) is 0 Å². The fourth-order valence-electron chi connectivity index (χ4n) is 0.754. The molecule has 1 amide bonds. The van der Waals surface area contributed by atoms with Crippen LogP contribution < -0.4 is 5.32 Å². The van der Waals surface area contributed by atoms with Gasteiger partial charge in [0.05, 0.1) is 0 Å². The lowest BCUT2D eigenvalue weighted by atomic mass is 9.97. The molecule has 0 radical (unpaired) electrons. The normalized spacial score (nSPS) is 13.1. The van der Waals surface area contributed by atoms with Crippen molar-refractivity contribution in [3.8, 4) is 0 Å². The van der Waals surface area contributed by atoms with E-state index >= 15 is 0 Å². The van der Waals surface area contributed by atoms with Gasteiger partial charge in [-0.15, -0.1) is 0 Å². The number of carbonyl (C=O) groups excluding carboxylic acids is 1. The predicted octanol–water partition coefficient (Wildman–Crippen LogP) is 0.777. The van der Waals surface area contributed by atoms with E-state index in [1.165, 1.54) is 0 Å². The van der Waals surface area contributed by atoms with E-state index in [0.29, 0.717) is 18.9 Å². The highest BCUT2D eigenvalue weighted by atomic mass is 16.3. The van der Waals surface area contributed by atoms with Gasteiger partial charge in [-0.3, -0.25) is 4.79 Å². The molecule has 0 aromatic rings. The summed E-state index contributed by atoms with van der Waals surface area (Å²) in [4.78, 5) is 11.3. The van der Waals surface area contributed by atoms with Crippen LogP contribution >= 0.6 is 0 Å². The average molecular weight is 173 g/mol. The third-order valence-corrected chi connectivity index (χ3v) is 2.05. The molecule has 0 rings (SSSR count). The predicted molar refractivity (Wildman–Crippen MR) is 48.7 cm³/mol. The second-order valence-corrected chi connectivity index (χ2v) is 3.40. The van der Waals surface area contributed by atoms with Gasteiger partial charge in [0.25, 0.3) is 0 Å². The summed E-state index contributed by atoms with van der Waals surface area (Å²) >= 11 is 0. The first kappa shape index (κ1) is 11.4. The van der Waals surface area contributed by atoms with E-state index in [4.69, 9.17) is 5.11 Å². The minimum absolute atomic E-state index is 0.0590. The van der Waals surface area contributed by atoms with Gasteiger partial charge in [0.1, 0.15) is 0 Å². The number of carbonyl (C=O) groups is 1. The molecule has 0 saturated carbocycles. The molecule has 0 bridgehead atoms. The van der Waals surface area contributed by atoms with E-state index in [0.717, 1.165) is 0 Å². The first-order valence-corrected chi connectivity index (χ1v) is 4.48. The van der Waals surface area contributed by atoms with Crippen molar-refractivity contribution in [2.45, 2.75) is 27.2 Å². The Hall–Kier alpha value is -0.570. The highest BCUT2D eigenvalue weighted by molar-refractivity contribution is 5.78. The molecule has 3 nitrogen and oxygen atoms in total. The van der Waals surface area contributed by atoms with E-state index in [9.17, 15) is 4.79 Å². The lowest BCUT2D eigenvalue weighted by molar-refractivity contribution is -0.125. The van der Waals surface area contributed by atoms with Gasteiger partial charge in [-0.2, -0.15) is 0 Å². The molecule has 1 atom stereocenters. The van der Waals surface area contributed by atoms with Crippen LogP contribution in [-0.2, 0) is 4.79 Å². The Bertz CT molecular complexity index is 134. The molecule has 3 heteroatoms. The Balaban J connectivity index is 3.57. The number of aliphatic hydroxyl groups is 1. The van der Waals surface area contributed by atoms with Crippen molar-refractivity contribution in [2.24, 2.45) is 11.8 Å². The second kappa shape index (κ2) is 6.00. The van der Waals surface area contributed by atoms with Crippen molar-refractivity contribution in [2.75, 3.05) is 13.2 Å². The largest absolute Gasteiger partial charge is 0.396 e. The zero-order valence-electron chi connectivity index (χ0n) is 8.13. The second-order valence-electron chi connectivity index (χ2n) is 3.40. The number of hydrogen-bond donors (Lipinski definition) is 2. The van der Waals surface area contributed by atoms with E-state index in [1.807, 2.05) is 20.8 Å². The van der Waals surface area contributed by atoms with E-state index in [-0.39, 0.29) is 18.4 Å². The zero-order chi connectivity index (χ0) is 9.56. The zero-order valence-corrected chi connectivity index (χ0v) is 8.13. The summed E-state index contributed by atoms with van der Waals surface area (Å²) in [5, 5.41) is 11.2. The third kappa shape index (κ3) is 4.34. The van der Waals surface area contributed by atoms with E-state index < -0.39 is 0 Å². The van der Waals surface area contributed by atoms with Crippen molar-refractivity contribution in [1.29, 1.82) is 0 Å². The van der Waals surface area contributed by atoms with Crippen LogP contribution in [0, 0.1) is 11.8 Å². The maximum Gasteiger partial charge on any atom is 0.223 e. The van der Waals surface area contributed by atoms with Gasteiger partial charge in [0, 0.05) is 19.1 Å². The molecule has 0 heterocycles. The summed E-state index contributed by atoms with van der Waals surface area (Å²) in [6.45, 7) is 6.67. The quantitative estimate of drug-likeness (QED) is 0.603. The summed E-state index contributed by atoms with van der Waals surface area (Å²) in [5.41, 5.74) is 0. The molecule has 0 spiro atoms. The van der Waals surface area contributed by atoms with Crippen LogP contribution in [0.15, 0.2) is 0 Å². The maximum atomic E-state index is 11.3. The fraction of sp³-hybridized carbons (Fsp3) is 0.889. The molecule has 0 aromatic heterocycles. The highest BCUT2D eigenvalue weighted by Gasteiger charge is 2.15. The molecule has 0 saturated heterocycles. The summed E-state index contributed by atoms with van der Waals surface area (Å²) in [6.07, 6.45) is 0.635. The number of aliphatic hydroxyl groups excluding tert-OH is 1. The summed E-state index contributed by atoms with van der Waals surface area (Å²) in [6, 6.07) is 0. The topological polar surface area (TPSA) is 49.3 Å². The molecule has 72 valence electrons. The van der Waals surface area contributed by atoms with Gasteiger partial charge >= 0.3 is 0 Å². The van der Waals surface area contributed by atoms with Crippen molar-refractivity contribution in [1.82, 2.24) is 5.32 Å². The molecular weight excluding hydrogens is 154 g/mol. The van der Waals surface area contributed by atoms with Gasteiger partial charge < -0.3 is 10.4 Å². The molecule has 0 aliphatic carbocycles. The summed E-state index contributed by atoms with van der Waals surface area (Å²) < 4.78 is 0. The van der Waals surface area contributed by atoms with E-state index in [2.05, 4.69) is 5.32 Å². The molecule has 0 aliphatic rings. The molecule has 0 aliphatic heterocycles. The fourth-order valence-corrected chi connectivity index (χ4v) is 0.754. The van der Waals surface area contributed by atoms with Gasteiger partial charge in [-0.25, -0.2) is 0 Å².